The molecule has 0 aromatic heterocycles. The summed E-state index contributed by atoms with van der Waals surface area (Å²) in [6, 6.07) is 5.99. The predicted molar refractivity (Wildman–Crippen MR) is 49.1 cm³/mol. The molecule has 14 heavy (non-hydrogen) atoms. The Hall–Kier alpha value is -0.416. The first-order valence-electron chi connectivity index (χ1n) is 3.49. The van der Waals surface area contributed by atoms with Crippen molar-refractivity contribution in [1.82, 2.24) is 0 Å². The summed E-state index contributed by atoms with van der Waals surface area (Å²) >= 11 is 0. The van der Waals surface area contributed by atoms with E-state index < -0.39 is 10.1 Å². The van der Waals surface area contributed by atoms with E-state index in [4.69, 9.17) is 9.66 Å². The second-order valence-corrected chi connectivity index (χ2v) is 3.71. The van der Waals surface area contributed by atoms with Gasteiger partial charge in [0.25, 0.3) is 10.1 Å². The van der Waals surface area contributed by atoms with Crippen LogP contribution in [0.1, 0.15) is 5.56 Å². The third kappa shape index (κ3) is 5.34. The van der Waals surface area contributed by atoms with Crippen LogP contribution in [0.2, 0.25) is 0 Å². The minimum atomic E-state index is -4.02. The molecule has 0 heterocycles. The summed E-state index contributed by atoms with van der Waals surface area (Å²) in [5, 5.41) is 7.00. The van der Waals surface area contributed by atoms with Gasteiger partial charge in [0.2, 0.25) is 0 Å². The number of rotatable bonds is 1. The van der Waals surface area contributed by atoms with E-state index in [2.05, 4.69) is 0 Å². The van der Waals surface area contributed by atoms with Crippen LogP contribution in [0, 0.1) is 6.92 Å². The van der Waals surface area contributed by atoms with Crippen molar-refractivity contribution >= 4 is 10.1 Å². The first kappa shape index (κ1) is 16.0. The van der Waals surface area contributed by atoms with Gasteiger partial charge in [-0.15, -0.1) is 0 Å². The van der Waals surface area contributed by atoms with Crippen LogP contribution in [-0.2, 0) is 26.6 Å². The van der Waals surface area contributed by atoms with Crippen molar-refractivity contribution in [3.05, 3.63) is 29.8 Å². The summed E-state index contributed by atoms with van der Waals surface area (Å²) in [5.74, 6) is 0. The first-order valence-corrected chi connectivity index (χ1v) is 4.93. The first-order chi connectivity index (χ1) is 6.00. The van der Waals surface area contributed by atoms with Gasteiger partial charge in [-0.25, -0.2) is 0 Å². The van der Waals surface area contributed by atoms with Gasteiger partial charge in [0.1, 0.15) is 0 Å². The third-order valence-electron chi connectivity index (χ3n) is 1.32. The van der Waals surface area contributed by atoms with E-state index in [0.717, 1.165) is 12.7 Å². The molecule has 0 aliphatic rings. The Balaban J connectivity index is 0. The maximum Gasteiger partial charge on any atom is 0.294 e. The molecule has 0 atom stereocenters. The summed E-state index contributed by atoms with van der Waals surface area (Å²) in [6.45, 7) is 1.84. The van der Waals surface area contributed by atoms with Crippen molar-refractivity contribution in [1.29, 1.82) is 0 Å². The summed E-state index contributed by atoms with van der Waals surface area (Å²) in [4.78, 5) is -0.0666. The average molecular weight is 263 g/mol. The topological polar surface area (TPSA) is 74.6 Å². The van der Waals surface area contributed by atoms with Gasteiger partial charge in [-0.2, -0.15) is 8.42 Å². The molecule has 4 nitrogen and oxygen atoms in total. The van der Waals surface area contributed by atoms with Gasteiger partial charge in [0.15, 0.2) is 0 Å². The molecular weight excluding hydrogens is 251 g/mol. The average Bonchev–Trinajstić information content (AvgIpc) is 2.07. The van der Waals surface area contributed by atoms with E-state index in [1.54, 1.807) is 12.1 Å². The Bertz CT molecular complexity index is 344. The summed E-state index contributed by atoms with van der Waals surface area (Å²) in [6.07, 6.45) is 0. The smallest absolute Gasteiger partial charge is 0.294 e. The van der Waals surface area contributed by atoms with Gasteiger partial charge in [-0.1, -0.05) is 17.7 Å². The molecule has 0 amide bonds. The number of benzene rings is 1. The van der Waals surface area contributed by atoms with Crippen molar-refractivity contribution < 1.29 is 34.6 Å². The zero-order valence-electron chi connectivity index (χ0n) is 7.74. The third-order valence-corrected chi connectivity index (χ3v) is 2.19. The fourth-order valence-electron chi connectivity index (χ4n) is 0.710. The van der Waals surface area contributed by atoms with Crippen LogP contribution in [0.15, 0.2) is 29.2 Å². The predicted octanol–water partition coefficient (Wildman–Crippen LogP) is 0.848. The molecule has 84 valence electrons. The van der Waals surface area contributed by atoms with Crippen LogP contribution < -0.4 is 0 Å². The summed E-state index contributed by atoms with van der Waals surface area (Å²) in [5.41, 5.74) is 0.956. The van der Waals surface area contributed by atoms with Crippen molar-refractivity contribution in [2.75, 3.05) is 7.11 Å². The van der Waals surface area contributed by atoms with E-state index in [-0.39, 0.29) is 21.4 Å². The van der Waals surface area contributed by atoms with Gasteiger partial charge >= 0.3 is 0 Å². The SMILES string of the molecule is CO.Cc1ccc(S(=O)(=O)O)cc1.[Ni]. The Morgan fingerprint density at radius 1 is 1.07 bits per heavy atom. The van der Waals surface area contributed by atoms with Gasteiger partial charge in [-0.05, 0) is 19.1 Å². The Kier molecular flexibility index (Phi) is 7.96. The fraction of sp³-hybridized carbons (Fsp3) is 0.250. The molecule has 0 bridgehead atoms. The Morgan fingerprint density at radius 3 is 1.71 bits per heavy atom. The quantitative estimate of drug-likeness (QED) is 0.581. The maximum atomic E-state index is 10.5. The standard InChI is InChI=1S/C7H8O3S.CH4O.Ni/c1-6-2-4-7(5-3-6)11(8,9)10;1-2;/h2-5H,1H3,(H,8,9,10);2H,1H3;. The molecule has 0 fully saturated rings. The largest absolute Gasteiger partial charge is 0.400 e. The van der Waals surface area contributed by atoms with Crippen molar-refractivity contribution in [2.24, 2.45) is 0 Å². The van der Waals surface area contributed by atoms with E-state index >= 15 is 0 Å². The number of hydrogen-bond donors (Lipinski definition) is 2. The van der Waals surface area contributed by atoms with E-state index in [1.165, 1.54) is 12.1 Å². The second kappa shape index (κ2) is 6.95. The van der Waals surface area contributed by atoms with E-state index in [0.29, 0.717) is 0 Å². The van der Waals surface area contributed by atoms with Crippen LogP contribution in [-0.4, -0.2) is 25.2 Å². The number of hydrogen-bond acceptors (Lipinski definition) is 3. The minimum Gasteiger partial charge on any atom is -0.400 e. The zero-order chi connectivity index (χ0) is 10.5. The molecule has 1 aromatic rings. The summed E-state index contributed by atoms with van der Waals surface area (Å²) in [7, 11) is -3.02. The van der Waals surface area contributed by atoms with Gasteiger partial charge in [-0.3, -0.25) is 4.55 Å². The zero-order valence-corrected chi connectivity index (χ0v) is 9.55. The number of aliphatic hydroxyl groups is 1. The van der Waals surface area contributed by atoms with Gasteiger partial charge in [0, 0.05) is 23.6 Å². The molecule has 0 unspecified atom stereocenters. The van der Waals surface area contributed by atoms with Crippen molar-refractivity contribution in [3.8, 4) is 0 Å². The summed E-state index contributed by atoms with van der Waals surface area (Å²) < 4.78 is 29.6. The Labute approximate surface area is 93.6 Å². The number of aryl methyl sites for hydroxylation is 1. The molecule has 1 rings (SSSR count). The van der Waals surface area contributed by atoms with Crippen LogP contribution in [0.3, 0.4) is 0 Å². The minimum absolute atomic E-state index is 0. The van der Waals surface area contributed by atoms with Gasteiger partial charge < -0.3 is 5.11 Å². The van der Waals surface area contributed by atoms with Crippen LogP contribution >= 0.6 is 0 Å². The molecule has 6 heteroatoms. The molecule has 0 radical (unpaired) electrons. The molecule has 0 saturated heterocycles. The van der Waals surface area contributed by atoms with E-state index in [1.807, 2.05) is 6.92 Å². The molecule has 0 saturated carbocycles. The fourth-order valence-corrected chi connectivity index (χ4v) is 1.19. The monoisotopic (exact) mass is 262 g/mol. The number of aliphatic hydroxyl groups excluding tert-OH is 1. The van der Waals surface area contributed by atoms with Gasteiger partial charge in [0.05, 0.1) is 4.90 Å². The molecule has 0 spiro atoms. The van der Waals surface area contributed by atoms with Crippen LogP contribution in [0.25, 0.3) is 0 Å². The van der Waals surface area contributed by atoms with Crippen LogP contribution in [0.5, 0.6) is 0 Å². The Morgan fingerprint density at radius 2 is 1.43 bits per heavy atom. The molecule has 1 aromatic carbocycles. The van der Waals surface area contributed by atoms with Crippen LogP contribution in [0.4, 0.5) is 0 Å². The normalized spacial score (nSPS) is 9.43. The maximum absolute atomic E-state index is 10.5. The molecule has 2 N–H and O–H groups in total. The van der Waals surface area contributed by atoms with E-state index in [9.17, 15) is 8.42 Å². The second-order valence-electron chi connectivity index (χ2n) is 2.29. The molecular formula is C8H12NiO4S. The van der Waals surface area contributed by atoms with Crippen molar-refractivity contribution in [3.63, 3.8) is 0 Å². The molecule has 0 aliphatic carbocycles. The molecule has 0 aliphatic heterocycles. The van der Waals surface area contributed by atoms with Crippen molar-refractivity contribution in [2.45, 2.75) is 11.8 Å².